The van der Waals surface area contributed by atoms with E-state index in [2.05, 4.69) is 27.9 Å². The van der Waals surface area contributed by atoms with Gasteiger partial charge in [0, 0.05) is 31.7 Å². The summed E-state index contributed by atoms with van der Waals surface area (Å²) in [5.41, 5.74) is 0.434. The van der Waals surface area contributed by atoms with Crippen molar-refractivity contribution in [3.8, 4) is 5.75 Å². The summed E-state index contributed by atoms with van der Waals surface area (Å²) in [5, 5.41) is 23.3. The second kappa shape index (κ2) is 13.4. The molecule has 2 amide bonds. The molecule has 34 heavy (non-hydrogen) atoms. The lowest BCUT2D eigenvalue weighted by atomic mass is 9.86. The van der Waals surface area contributed by atoms with Gasteiger partial charge in [0.1, 0.15) is 24.6 Å². The molecule has 1 fully saturated rings. The molecule has 188 valence electrons. The molecule has 9 heteroatoms. The van der Waals surface area contributed by atoms with E-state index in [0.29, 0.717) is 11.3 Å². The number of carbonyl (C=O) groups is 2. The highest BCUT2D eigenvalue weighted by Gasteiger charge is 2.42. The SMILES string of the molecule is COCC(=O)N(C1CCCCCC1)C1CC(C(=O)NCCO)=CC(Oc2ccccc2I)C1O. The summed E-state index contributed by atoms with van der Waals surface area (Å²) in [6, 6.07) is 6.81. The fourth-order valence-corrected chi connectivity index (χ4v) is 5.34. The molecule has 3 unspecified atom stereocenters. The van der Waals surface area contributed by atoms with Crippen LogP contribution < -0.4 is 10.1 Å². The molecular formula is C25H35IN2O6. The van der Waals surface area contributed by atoms with Crippen LogP contribution in [-0.2, 0) is 14.3 Å². The van der Waals surface area contributed by atoms with Crippen LogP contribution in [0.2, 0.25) is 0 Å². The first-order valence-corrected chi connectivity index (χ1v) is 13.0. The second-order valence-corrected chi connectivity index (χ2v) is 9.99. The normalized spacial score (nSPS) is 23.5. The summed E-state index contributed by atoms with van der Waals surface area (Å²) in [5.74, 6) is 0.0780. The zero-order chi connectivity index (χ0) is 24.5. The molecule has 0 spiro atoms. The molecule has 8 nitrogen and oxygen atoms in total. The van der Waals surface area contributed by atoms with E-state index in [1.54, 1.807) is 11.0 Å². The van der Waals surface area contributed by atoms with Crippen molar-refractivity contribution in [1.29, 1.82) is 0 Å². The van der Waals surface area contributed by atoms with E-state index in [4.69, 9.17) is 14.6 Å². The van der Waals surface area contributed by atoms with Crippen molar-refractivity contribution in [2.24, 2.45) is 0 Å². The van der Waals surface area contributed by atoms with Gasteiger partial charge in [0.25, 0.3) is 0 Å². The minimum Gasteiger partial charge on any atom is -0.482 e. The van der Waals surface area contributed by atoms with Crippen LogP contribution in [0.4, 0.5) is 0 Å². The van der Waals surface area contributed by atoms with Gasteiger partial charge in [0.15, 0.2) is 0 Å². The lowest BCUT2D eigenvalue weighted by Gasteiger charge is -2.44. The Morgan fingerprint density at radius 1 is 1.18 bits per heavy atom. The fourth-order valence-electron chi connectivity index (χ4n) is 4.83. The smallest absolute Gasteiger partial charge is 0.249 e. The molecule has 0 bridgehead atoms. The van der Waals surface area contributed by atoms with Crippen molar-refractivity contribution >= 4 is 34.4 Å². The van der Waals surface area contributed by atoms with E-state index in [9.17, 15) is 14.7 Å². The Kier molecular flexibility index (Phi) is 10.6. The third kappa shape index (κ3) is 6.93. The molecule has 2 aliphatic rings. The molecule has 1 aromatic carbocycles. The maximum absolute atomic E-state index is 13.3. The quantitative estimate of drug-likeness (QED) is 0.303. The Hall–Kier alpha value is -1.69. The van der Waals surface area contributed by atoms with Crippen molar-refractivity contribution < 1.29 is 29.3 Å². The summed E-state index contributed by atoms with van der Waals surface area (Å²) in [7, 11) is 1.48. The van der Waals surface area contributed by atoms with Crippen LogP contribution in [-0.4, -0.2) is 78.1 Å². The first kappa shape index (κ1) is 26.9. The van der Waals surface area contributed by atoms with Crippen LogP contribution in [0.1, 0.15) is 44.9 Å². The number of nitrogens with zero attached hydrogens (tertiary/aromatic N) is 1. The number of nitrogens with one attached hydrogen (secondary N) is 1. The average molecular weight is 586 g/mol. The fraction of sp³-hybridized carbons (Fsp3) is 0.600. The number of hydrogen-bond donors (Lipinski definition) is 3. The number of amides is 2. The summed E-state index contributed by atoms with van der Waals surface area (Å²) in [6.45, 7) is -0.133. The van der Waals surface area contributed by atoms with Gasteiger partial charge in [0.2, 0.25) is 11.8 Å². The van der Waals surface area contributed by atoms with Crippen molar-refractivity contribution in [3.63, 3.8) is 0 Å². The number of aliphatic hydroxyl groups is 2. The minimum atomic E-state index is -1.02. The van der Waals surface area contributed by atoms with Crippen LogP contribution in [0.5, 0.6) is 5.75 Å². The number of para-hydroxylation sites is 1. The molecule has 3 N–H and O–H groups in total. The largest absolute Gasteiger partial charge is 0.482 e. The van der Waals surface area contributed by atoms with Gasteiger partial charge in [-0.25, -0.2) is 0 Å². The standard InChI is InChI=1S/C25H35IN2O6/c1-33-16-23(30)28(18-8-4-2-3-5-9-18)20-14-17(25(32)27-12-13-29)15-22(24(20)31)34-21-11-7-6-10-19(21)26/h6-7,10-11,15,18,20,22,24,29,31H,2-5,8-9,12-14,16H2,1H3,(H,27,32). The van der Waals surface area contributed by atoms with Crippen molar-refractivity contribution in [2.75, 3.05) is 26.9 Å². The van der Waals surface area contributed by atoms with E-state index in [1.165, 1.54) is 7.11 Å². The van der Waals surface area contributed by atoms with Gasteiger partial charge in [-0.15, -0.1) is 0 Å². The Balaban J connectivity index is 1.95. The molecule has 3 rings (SSSR count). The third-order valence-electron chi connectivity index (χ3n) is 6.45. The molecule has 0 heterocycles. The molecule has 1 saturated carbocycles. The maximum atomic E-state index is 13.3. The van der Waals surface area contributed by atoms with Crippen LogP contribution in [0.15, 0.2) is 35.9 Å². The Morgan fingerprint density at radius 3 is 2.53 bits per heavy atom. The van der Waals surface area contributed by atoms with Crippen molar-refractivity contribution in [3.05, 3.63) is 39.5 Å². The monoisotopic (exact) mass is 586 g/mol. The molecule has 0 aliphatic heterocycles. The highest BCUT2D eigenvalue weighted by atomic mass is 127. The van der Waals surface area contributed by atoms with Crippen molar-refractivity contribution in [2.45, 2.75) is 69.2 Å². The molecule has 3 atom stereocenters. The lowest BCUT2D eigenvalue weighted by Crippen LogP contribution is -2.58. The Morgan fingerprint density at radius 2 is 1.88 bits per heavy atom. The van der Waals surface area contributed by atoms with E-state index in [-0.39, 0.29) is 44.0 Å². The topological polar surface area (TPSA) is 108 Å². The van der Waals surface area contributed by atoms with Gasteiger partial charge in [-0.05, 0) is 53.6 Å². The number of rotatable bonds is 9. The third-order valence-corrected chi connectivity index (χ3v) is 7.34. The van der Waals surface area contributed by atoms with Gasteiger partial charge >= 0.3 is 0 Å². The minimum absolute atomic E-state index is 0.0258. The van der Waals surface area contributed by atoms with Gasteiger partial charge in [-0.3, -0.25) is 9.59 Å². The van der Waals surface area contributed by atoms with E-state index < -0.39 is 18.2 Å². The van der Waals surface area contributed by atoms with Crippen molar-refractivity contribution in [1.82, 2.24) is 10.2 Å². The van der Waals surface area contributed by atoms with Crippen LogP contribution >= 0.6 is 22.6 Å². The number of hydrogen-bond acceptors (Lipinski definition) is 6. The Bertz CT molecular complexity index is 856. The number of ether oxygens (including phenoxy) is 2. The summed E-state index contributed by atoms with van der Waals surface area (Å²) >= 11 is 2.16. The molecule has 0 radical (unpaired) electrons. The Labute approximate surface area is 214 Å². The maximum Gasteiger partial charge on any atom is 0.249 e. The highest BCUT2D eigenvalue weighted by molar-refractivity contribution is 14.1. The summed E-state index contributed by atoms with van der Waals surface area (Å²) in [4.78, 5) is 27.9. The van der Waals surface area contributed by atoms with Gasteiger partial charge < -0.3 is 29.9 Å². The number of halogens is 1. The first-order chi connectivity index (χ1) is 16.5. The van der Waals surface area contributed by atoms with E-state index >= 15 is 0 Å². The second-order valence-electron chi connectivity index (χ2n) is 8.83. The average Bonchev–Trinajstić information content (AvgIpc) is 3.11. The van der Waals surface area contributed by atoms with Crippen LogP contribution in [0, 0.1) is 3.57 Å². The lowest BCUT2D eigenvalue weighted by molar-refractivity contribution is -0.146. The number of carbonyl (C=O) groups excluding carboxylic acids is 2. The number of methoxy groups -OCH3 is 1. The highest BCUT2D eigenvalue weighted by Crippen LogP contribution is 2.33. The number of benzene rings is 1. The van der Waals surface area contributed by atoms with Gasteiger partial charge in [-0.2, -0.15) is 0 Å². The van der Waals surface area contributed by atoms with E-state index in [0.717, 1.165) is 42.1 Å². The van der Waals surface area contributed by atoms with Gasteiger partial charge in [0.05, 0.1) is 16.2 Å². The zero-order valence-electron chi connectivity index (χ0n) is 19.6. The summed E-state index contributed by atoms with van der Waals surface area (Å²) in [6.07, 6.45) is 6.03. The molecule has 2 aliphatic carbocycles. The molecular weight excluding hydrogens is 551 g/mol. The molecule has 1 aromatic rings. The molecule has 0 aromatic heterocycles. The van der Waals surface area contributed by atoms with Crippen LogP contribution in [0.25, 0.3) is 0 Å². The van der Waals surface area contributed by atoms with E-state index in [1.807, 2.05) is 24.3 Å². The van der Waals surface area contributed by atoms with Gasteiger partial charge in [-0.1, -0.05) is 37.8 Å². The predicted molar refractivity (Wildman–Crippen MR) is 136 cm³/mol. The number of aliphatic hydroxyl groups excluding tert-OH is 2. The molecule has 0 saturated heterocycles. The first-order valence-electron chi connectivity index (χ1n) is 11.9. The predicted octanol–water partition coefficient (Wildman–Crippen LogP) is 2.40. The van der Waals surface area contributed by atoms with Crippen LogP contribution in [0.3, 0.4) is 0 Å². The summed E-state index contributed by atoms with van der Waals surface area (Å²) < 4.78 is 12.2. The zero-order valence-corrected chi connectivity index (χ0v) is 21.8.